The van der Waals surface area contributed by atoms with Gasteiger partial charge in [0.1, 0.15) is 0 Å². The molecule has 26 heavy (non-hydrogen) atoms. The van der Waals surface area contributed by atoms with E-state index >= 15 is 0 Å². The molecule has 0 saturated heterocycles. The summed E-state index contributed by atoms with van der Waals surface area (Å²) >= 11 is 6.08. The maximum atomic E-state index is 11.9. The van der Waals surface area contributed by atoms with E-state index < -0.39 is 11.9 Å². The number of ether oxygens (including phenoxy) is 1. The fraction of sp³-hybridized carbons (Fsp3) is 0.150. The van der Waals surface area contributed by atoms with Gasteiger partial charge in [0.15, 0.2) is 6.61 Å². The number of nitrogens with one attached hydrogen (secondary N) is 1. The van der Waals surface area contributed by atoms with E-state index in [-0.39, 0.29) is 12.6 Å². The number of rotatable bonds is 6. The maximum absolute atomic E-state index is 11.9. The lowest BCUT2D eigenvalue weighted by Gasteiger charge is -2.15. The molecule has 0 fully saturated rings. The van der Waals surface area contributed by atoms with Gasteiger partial charge in [0.05, 0.1) is 17.7 Å². The number of esters is 1. The molecule has 2 aromatic carbocycles. The molecule has 0 bridgehead atoms. The van der Waals surface area contributed by atoms with Gasteiger partial charge in [0.2, 0.25) is 0 Å². The van der Waals surface area contributed by atoms with Crippen LogP contribution in [0.15, 0.2) is 54.6 Å². The van der Waals surface area contributed by atoms with E-state index in [0.717, 1.165) is 11.1 Å². The SMILES string of the molecule is C[C@@H](NC(=O)COC(=O)/C=C/c1ccc(C#N)cc1)c1ccccc1Cl. The Morgan fingerprint density at radius 1 is 1.23 bits per heavy atom. The molecule has 0 heterocycles. The second-order valence-corrected chi connectivity index (χ2v) is 5.89. The molecule has 0 aromatic heterocycles. The average molecular weight is 369 g/mol. The molecule has 132 valence electrons. The van der Waals surface area contributed by atoms with Crippen molar-refractivity contribution in [2.45, 2.75) is 13.0 Å². The summed E-state index contributed by atoms with van der Waals surface area (Å²) in [5.74, 6) is -1.05. The maximum Gasteiger partial charge on any atom is 0.331 e. The monoisotopic (exact) mass is 368 g/mol. The highest BCUT2D eigenvalue weighted by atomic mass is 35.5. The Bertz CT molecular complexity index is 854. The van der Waals surface area contributed by atoms with Gasteiger partial charge in [0, 0.05) is 11.1 Å². The number of halogens is 1. The summed E-state index contributed by atoms with van der Waals surface area (Å²) in [6, 6.07) is 15.6. The predicted molar refractivity (Wildman–Crippen MR) is 99.2 cm³/mol. The Morgan fingerprint density at radius 2 is 1.92 bits per heavy atom. The smallest absolute Gasteiger partial charge is 0.331 e. The van der Waals surface area contributed by atoms with Gasteiger partial charge in [-0.2, -0.15) is 5.26 Å². The van der Waals surface area contributed by atoms with Crippen LogP contribution in [0.25, 0.3) is 6.08 Å². The first kappa shape index (κ1) is 19.2. The van der Waals surface area contributed by atoms with E-state index in [1.807, 2.05) is 24.3 Å². The lowest BCUT2D eigenvalue weighted by molar-refractivity contribution is -0.144. The van der Waals surface area contributed by atoms with Crippen LogP contribution in [-0.2, 0) is 14.3 Å². The van der Waals surface area contributed by atoms with Crippen molar-refractivity contribution >= 4 is 29.6 Å². The fourth-order valence-electron chi connectivity index (χ4n) is 2.20. The molecule has 0 saturated carbocycles. The Labute approximate surface area is 156 Å². The van der Waals surface area contributed by atoms with Gasteiger partial charge < -0.3 is 10.1 Å². The third-order valence-electron chi connectivity index (χ3n) is 3.55. The van der Waals surface area contributed by atoms with E-state index in [0.29, 0.717) is 10.6 Å². The molecule has 0 unspecified atom stereocenters. The van der Waals surface area contributed by atoms with Crippen molar-refractivity contribution in [2.24, 2.45) is 0 Å². The summed E-state index contributed by atoms with van der Waals surface area (Å²) in [5, 5.41) is 12.0. The molecule has 0 aliphatic rings. The molecule has 0 aliphatic carbocycles. The molecule has 2 rings (SSSR count). The van der Waals surface area contributed by atoms with Crippen molar-refractivity contribution in [2.75, 3.05) is 6.61 Å². The third kappa shape index (κ3) is 5.76. The highest BCUT2D eigenvalue weighted by Crippen LogP contribution is 2.21. The molecular weight excluding hydrogens is 352 g/mol. The molecule has 1 atom stereocenters. The van der Waals surface area contributed by atoms with Crippen molar-refractivity contribution in [1.82, 2.24) is 5.32 Å². The highest BCUT2D eigenvalue weighted by molar-refractivity contribution is 6.31. The Hall–Kier alpha value is -3.10. The summed E-state index contributed by atoms with van der Waals surface area (Å²) in [6.45, 7) is 1.41. The van der Waals surface area contributed by atoms with Gasteiger partial charge in [-0.3, -0.25) is 4.79 Å². The number of hydrogen-bond donors (Lipinski definition) is 1. The zero-order valence-corrected chi connectivity index (χ0v) is 14.9. The minimum Gasteiger partial charge on any atom is -0.452 e. The van der Waals surface area contributed by atoms with Crippen LogP contribution in [0.1, 0.15) is 29.7 Å². The van der Waals surface area contributed by atoms with E-state index in [1.54, 1.807) is 43.3 Å². The number of nitrogens with zero attached hydrogens (tertiary/aromatic N) is 1. The van der Waals surface area contributed by atoms with Crippen molar-refractivity contribution in [1.29, 1.82) is 5.26 Å². The second-order valence-electron chi connectivity index (χ2n) is 5.49. The van der Waals surface area contributed by atoms with E-state index in [9.17, 15) is 9.59 Å². The minimum atomic E-state index is -0.630. The van der Waals surface area contributed by atoms with Gasteiger partial charge in [-0.25, -0.2) is 4.79 Å². The summed E-state index contributed by atoms with van der Waals surface area (Å²) in [4.78, 5) is 23.6. The number of carbonyl (C=O) groups excluding carboxylic acids is 2. The third-order valence-corrected chi connectivity index (χ3v) is 3.89. The lowest BCUT2D eigenvalue weighted by atomic mass is 10.1. The van der Waals surface area contributed by atoms with Crippen LogP contribution in [-0.4, -0.2) is 18.5 Å². The van der Waals surface area contributed by atoms with Gasteiger partial charge in [0.25, 0.3) is 5.91 Å². The van der Waals surface area contributed by atoms with Crippen LogP contribution in [0.4, 0.5) is 0 Å². The second kappa shape index (κ2) is 9.40. The van der Waals surface area contributed by atoms with Crippen molar-refractivity contribution < 1.29 is 14.3 Å². The van der Waals surface area contributed by atoms with Crippen LogP contribution >= 0.6 is 11.6 Å². The molecule has 5 nitrogen and oxygen atoms in total. The topological polar surface area (TPSA) is 79.2 Å². The molecular formula is C20H17ClN2O3. The normalized spacial score (nSPS) is 11.6. The standard InChI is InChI=1S/C20H17ClN2O3/c1-14(17-4-2-3-5-18(17)21)23-19(24)13-26-20(25)11-10-15-6-8-16(12-22)9-7-15/h2-11,14H,13H2,1H3,(H,23,24)/b11-10+/t14-/m1/s1. The van der Waals surface area contributed by atoms with Crippen molar-refractivity contribution in [3.8, 4) is 6.07 Å². The molecule has 0 spiro atoms. The van der Waals surface area contributed by atoms with E-state index in [1.165, 1.54) is 6.08 Å². The van der Waals surface area contributed by atoms with Crippen LogP contribution < -0.4 is 5.32 Å². The van der Waals surface area contributed by atoms with Crippen molar-refractivity contribution in [3.05, 3.63) is 76.3 Å². The first-order valence-electron chi connectivity index (χ1n) is 7.88. The molecule has 6 heteroatoms. The molecule has 2 aromatic rings. The minimum absolute atomic E-state index is 0.302. The Balaban J connectivity index is 1.81. The number of nitriles is 1. The van der Waals surface area contributed by atoms with Crippen molar-refractivity contribution in [3.63, 3.8) is 0 Å². The zero-order valence-electron chi connectivity index (χ0n) is 14.1. The van der Waals surface area contributed by atoms with Crippen LogP contribution in [0.3, 0.4) is 0 Å². The van der Waals surface area contributed by atoms with Gasteiger partial charge in [-0.1, -0.05) is 41.9 Å². The first-order chi connectivity index (χ1) is 12.5. The predicted octanol–water partition coefficient (Wildman–Crippen LogP) is 3.65. The molecule has 0 aliphatic heterocycles. The number of hydrogen-bond acceptors (Lipinski definition) is 4. The van der Waals surface area contributed by atoms with E-state index in [2.05, 4.69) is 5.32 Å². The summed E-state index contributed by atoms with van der Waals surface area (Å²) in [6.07, 6.45) is 2.78. The Kier molecular flexibility index (Phi) is 6.95. The highest BCUT2D eigenvalue weighted by Gasteiger charge is 2.13. The van der Waals surface area contributed by atoms with Gasteiger partial charge in [-0.05, 0) is 42.3 Å². The fourth-order valence-corrected chi connectivity index (χ4v) is 2.50. The van der Waals surface area contributed by atoms with Crippen LogP contribution in [0, 0.1) is 11.3 Å². The summed E-state index contributed by atoms with van der Waals surface area (Å²) in [5.41, 5.74) is 2.07. The summed E-state index contributed by atoms with van der Waals surface area (Å²) in [7, 11) is 0. The quantitative estimate of drug-likeness (QED) is 0.623. The van der Waals surface area contributed by atoms with Gasteiger partial charge in [-0.15, -0.1) is 0 Å². The largest absolute Gasteiger partial charge is 0.452 e. The molecule has 1 N–H and O–H groups in total. The van der Waals surface area contributed by atoms with Crippen LogP contribution in [0.2, 0.25) is 5.02 Å². The summed E-state index contributed by atoms with van der Waals surface area (Å²) < 4.78 is 4.91. The molecule has 0 radical (unpaired) electrons. The Morgan fingerprint density at radius 3 is 2.58 bits per heavy atom. The zero-order chi connectivity index (χ0) is 18.9. The lowest BCUT2D eigenvalue weighted by Crippen LogP contribution is -2.31. The first-order valence-corrected chi connectivity index (χ1v) is 8.26. The number of benzene rings is 2. The number of amides is 1. The van der Waals surface area contributed by atoms with E-state index in [4.69, 9.17) is 21.6 Å². The van der Waals surface area contributed by atoms with Crippen LogP contribution in [0.5, 0.6) is 0 Å². The number of carbonyl (C=O) groups is 2. The average Bonchev–Trinajstić information content (AvgIpc) is 2.65. The van der Waals surface area contributed by atoms with Gasteiger partial charge >= 0.3 is 5.97 Å². The molecule has 1 amide bonds.